The number of nitrogens with zero attached hydrogens (tertiary/aromatic N) is 2. The van der Waals surface area contributed by atoms with Crippen molar-refractivity contribution in [2.24, 2.45) is 0 Å². The number of non-ortho nitro benzene ring substituents is 1. The lowest BCUT2D eigenvalue weighted by Gasteiger charge is -2.36. The molecule has 0 amide bonds. The molecule has 2 rings (SSSR count). The summed E-state index contributed by atoms with van der Waals surface area (Å²) < 4.78 is 0. The van der Waals surface area contributed by atoms with Gasteiger partial charge in [0.2, 0.25) is 0 Å². The van der Waals surface area contributed by atoms with E-state index < -0.39 is 0 Å². The molecule has 116 valence electrons. The highest BCUT2D eigenvalue weighted by Crippen LogP contribution is 2.20. The highest BCUT2D eigenvalue weighted by Gasteiger charge is 2.22. The van der Waals surface area contributed by atoms with Gasteiger partial charge in [-0.3, -0.25) is 15.0 Å². The highest BCUT2D eigenvalue weighted by atomic mass is 16.6. The van der Waals surface area contributed by atoms with Gasteiger partial charge in [-0.05, 0) is 37.9 Å². The Hall–Kier alpha value is -1.46. The quantitative estimate of drug-likeness (QED) is 0.477. The second-order valence-electron chi connectivity index (χ2n) is 5.75. The smallest absolute Gasteiger partial charge is 0.269 e. The topological polar surface area (TPSA) is 58.4 Å². The van der Waals surface area contributed by atoms with E-state index >= 15 is 0 Å². The lowest BCUT2D eigenvalue weighted by Crippen LogP contribution is -2.45. The molecule has 1 atom stereocenters. The Morgan fingerprint density at radius 1 is 1.33 bits per heavy atom. The van der Waals surface area contributed by atoms with Crippen LogP contribution in [0.15, 0.2) is 24.3 Å². The lowest BCUT2D eigenvalue weighted by atomic mass is 10.0. The molecular formula is C16H25N3O2. The van der Waals surface area contributed by atoms with Crippen molar-refractivity contribution in [1.29, 1.82) is 0 Å². The first kappa shape index (κ1) is 15.9. The summed E-state index contributed by atoms with van der Waals surface area (Å²) in [4.78, 5) is 12.9. The van der Waals surface area contributed by atoms with Gasteiger partial charge in [-0.25, -0.2) is 0 Å². The van der Waals surface area contributed by atoms with Gasteiger partial charge in [0, 0.05) is 31.3 Å². The molecule has 0 bridgehead atoms. The minimum Gasteiger partial charge on any atom is -0.315 e. The number of benzene rings is 1. The molecule has 1 fully saturated rings. The minimum atomic E-state index is -0.345. The average molecular weight is 291 g/mol. The molecule has 1 aromatic carbocycles. The van der Waals surface area contributed by atoms with E-state index in [2.05, 4.69) is 17.1 Å². The first-order valence-corrected chi connectivity index (χ1v) is 7.89. The Morgan fingerprint density at radius 2 is 2.10 bits per heavy atom. The molecule has 1 heterocycles. The summed E-state index contributed by atoms with van der Waals surface area (Å²) in [5.74, 6) is 0. The van der Waals surface area contributed by atoms with Crippen LogP contribution in [0.4, 0.5) is 5.69 Å². The normalized spacial score (nSPS) is 19.6. The Kier molecular flexibility index (Phi) is 6.14. The average Bonchev–Trinajstić information content (AvgIpc) is 2.50. The van der Waals surface area contributed by atoms with Crippen LogP contribution >= 0.6 is 0 Å². The molecule has 1 aliphatic heterocycles. The van der Waals surface area contributed by atoms with Crippen molar-refractivity contribution < 1.29 is 4.92 Å². The van der Waals surface area contributed by atoms with E-state index in [1.807, 2.05) is 12.1 Å². The fourth-order valence-corrected chi connectivity index (χ4v) is 2.90. The van der Waals surface area contributed by atoms with E-state index in [0.29, 0.717) is 6.04 Å². The van der Waals surface area contributed by atoms with E-state index in [1.165, 1.54) is 19.3 Å². The highest BCUT2D eigenvalue weighted by molar-refractivity contribution is 5.32. The summed E-state index contributed by atoms with van der Waals surface area (Å²) in [6.45, 7) is 6.30. The number of rotatable bonds is 7. The molecule has 1 N–H and O–H groups in total. The zero-order chi connectivity index (χ0) is 15.1. The van der Waals surface area contributed by atoms with Crippen LogP contribution in [0, 0.1) is 10.1 Å². The predicted molar refractivity (Wildman–Crippen MR) is 84.3 cm³/mol. The number of hydrogen-bond donors (Lipinski definition) is 1. The Balaban J connectivity index is 1.93. The molecule has 1 unspecified atom stereocenters. The van der Waals surface area contributed by atoms with Gasteiger partial charge in [-0.1, -0.05) is 25.5 Å². The zero-order valence-electron chi connectivity index (χ0n) is 12.8. The molecule has 5 heteroatoms. The maximum absolute atomic E-state index is 10.7. The maximum atomic E-state index is 10.7. The zero-order valence-corrected chi connectivity index (χ0v) is 12.8. The molecule has 0 radical (unpaired) electrons. The van der Waals surface area contributed by atoms with Gasteiger partial charge in [0.05, 0.1) is 4.92 Å². The molecule has 0 saturated carbocycles. The molecular weight excluding hydrogens is 266 g/mol. The van der Waals surface area contributed by atoms with Crippen molar-refractivity contribution in [3.05, 3.63) is 39.9 Å². The van der Waals surface area contributed by atoms with Crippen molar-refractivity contribution in [3.8, 4) is 0 Å². The standard InChI is InChI=1S/C16H25N3O2/c1-2-10-17-12-16-5-3-4-11-18(16)13-14-6-8-15(9-7-14)19(20)21/h6-9,16-17H,2-5,10-13H2,1H3. The predicted octanol–water partition coefficient (Wildman–Crippen LogP) is 2.95. The third kappa shape index (κ3) is 4.79. The Morgan fingerprint density at radius 3 is 2.76 bits per heavy atom. The molecule has 1 aliphatic rings. The minimum absolute atomic E-state index is 0.165. The molecule has 1 aromatic rings. The third-order valence-electron chi connectivity index (χ3n) is 4.09. The van der Waals surface area contributed by atoms with Crippen molar-refractivity contribution in [1.82, 2.24) is 10.2 Å². The Bertz CT molecular complexity index is 447. The molecule has 21 heavy (non-hydrogen) atoms. The first-order valence-electron chi connectivity index (χ1n) is 7.89. The van der Waals surface area contributed by atoms with Gasteiger partial charge in [0.25, 0.3) is 5.69 Å². The van der Waals surface area contributed by atoms with Crippen LogP contribution in [0.5, 0.6) is 0 Å². The van der Waals surface area contributed by atoms with E-state index in [9.17, 15) is 10.1 Å². The van der Waals surface area contributed by atoms with Gasteiger partial charge >= 0.3 is 0 Å². The lowest BCUT2D eigenvalue weighted by molar-refractivity contribution is -0.384. The van der Waals surface area contributed by atoms with Gasteiger partial charge in [-0.2, -0.15) is 0 Å². The summed E-state index contributed by atoms with van der Waals surface area (Å²) >= 11 is 0. The monoisotopic (exact) mass is 291 g/mol. The fraction of sp³-hybridized carbons (Fsp3) is 0.625. The van der Waals surface area contributed by atoms with Crippen molar-refractivity contribution in [2.75, 3.05) is 19.6 Å². The van der Waals surface area contributed by atoms with Crippen LogP contribution in [0.2, 0.25) is 0 Å². The van der Waals surface area contributed by atoms with Crippen LogP contribution < -0.4 is 5.32 Å². The van der Waals surface area contributed by atoms with Crippen LogP contribution in [-0.4, -0.2) is 35.5 Å². The molecule has 0 aromatic heterocycles. The fourth-order valence-electron chi connectivity index (χ4n) is 2.90. The van der Waals surface area contributed by atoms with E-state index in [4.69, 9.17) is 0 Å². The van der Waals surface area contributed by atoms with E-state index in [-0.39, 0.29) is 10.6 Å². The molecule has 1 saturated heterocycles. The maximum Gasteiger partial charge on any atom is 0.269 e. The second-order valence-corrected chi connectivity index (χ2v) is 5.75. The SMILES string of the molecule is CCCNCC1CCCCN1Cc1ccc([N+](=O)[O-])cc1. The van der Waals surface area contributed by atoms with Gasteiger partial charge in [0.1, 0.15) is 0 Å². The summed E-state index contributed by atoms with van der Waals surface area (Å²) in [7, 11) is 0. The largest absolute Gasteiger partial charge is 0.315 e. The number of nitro benzene ring substituents is 1. The van der Waals surface area contributed by atoms with Crippen molar-refractivity contribution in [2.45, 2.75) is 45.2 Å². The van der Waals surface area contributed by atoms with Crippen LogP contribution in [0.1, 0.15) is 38.2 Å². The van der Waals surface area contributed by atoms with Crippen LogP contribution in [0.3, 0.4) is 0 Å². The molecule has 5 nitrogen and oxygen atoms in total. The summed E-state index contributed by atoms with van der Waals surface area (Å²) in [6, 6.07) is 7.54. The van der Waals surface area contributed by atoms with Gasteiger partial charge in [0.15, 0.2) is 0 Å². The number of nitrogens with one attached hydrogen (secondary N) is 1. The second kappa shape index (κ2) is 8.10. The summed E-state index contributed by atoms with van der Waals surface area (Å²) in [5.41, 5.74) is 1.32. The number of nitro groups is 1. The van der Waals surface area contributed by atoms with E-state index in [1.54, 1.807) is 12.1 Å². The van der Waals surface area contributed by atoms with Gasteiger partial charge < -0.3 is 5.32 Å². The Labute approximate surface area is 126 Å². The van der Waals surface area contributed by atoms with E-state index in [0.717, 1.165) is 38.2 Å². The number of hydrogen-bond acceptors (Lipinski definition) is 4. The van der Waals surface area contributed by atoms with Crippen LogP contribution in [0.25, 0.3) is 0 Å². The van der Waals surface area contributed by atoms with Gasteiger partial charge in [-0.15, -0.1) is 0 Å². The third-order valence-corrected chi connectivity index (χ3v) is 4.09. The number of piperidine rings is 1. The summed E-state index contributed by atoms with van der Waals surface area (Å²) in [6.07, 6.45) is 4.95. The molecule has 0 spiro atoms. The number of likely N-dealkylation sites (tertiary alicyclic amines) is 1. The summed E-state index contributed by atoms with van der Waals surface area (Å²) in [5, 5.41) is 14.2. The van der Waals surface area contributed by atoms with Crippen LogP contribution in [-0.2, 0) is 6.54 Å². The van der Waals surface area contributed by atoms with Crippen molar-refractivity contribution in [3.63, 3.8) is 0 Å². The first-order chi connectivity index (χ1) is 10.2. The molecule has 0 aliphatic carbocycles. The van der Waals surface area contributed by atoms with Crippen molar-refractivity contribution >= 4 is 5.69 Å².